The first-order valence-electron chi connectivity index (χ1n) is 5.69. The quantitative estimate of drug-likeness (QED) is 0.940. The van der Waals surface area contributed by atoms with Gasteiger partial charge in [0.25, 0.3) is 5.91 Å². The summed E-state index contributed by atoms with van der Waals surface area (Å²) in [5.41, 5.74) is 1.04. The molecule has 2 aromatic rings. The van der Waals surface area contributed by atoms with Crippen LogP contribution in [0.5, 0.6) is 0 Å². The van der Waals surface area contributed by atoms with E-state index >= 15 is 0 Å². The van der Waals surface area contributed by atoms with Gasteiger partial charge in [0.15, 0.2) is 5.15 Å². The Morgan fingerprint density at radius 1 is 1.32 bits per heavy atom. The van der Waals surface area contributed by atoms with E-state index in [1.165, 1.54) is 12.1 Å². The maximum absolute atomic E-state index is 13.9. The number of carbonyl (C=O) groups excluding carboxylic acids is 1. The number of aromatic nitrogens is 2. The van der Waals surface area contributed by atoms with Gasteiger partial charge in [0.2, 0.25) is 0 Å². The summed E-state index contributed by atoms with van der Waals surface area (Å²) in [7, 11) is 0. The van der Waals surface area contributed by atoms with Gasteiger partial charge in [0.05, 0.1) is 11.3 Å². The standard InChI is InChI=1S/C13H11ClFN3O/c1-2-16-13(19)9-4-3-8(7-10(9)15)11-5-6-12(14)18-17-11/h3-7H,2H2,1H3,(H,16,19). The van der Waals surface area contributed by atoms with E-state index in [4.69, 9.17) is 11.6 Å². The summed E-state index contributed by atoms with van der Waals surface area (Å²) in [5, 5.41) is 10.3. The summed E-state index contributed by atoms with van der Waals surface area (Å²) in [6.45, 7) is 2.22. The van der Waals surface area contributed by atoms with E-state index in [1.807, 2.05) is 0 Å². The molecule has 1 amide bonds. The van der Waals surface area contributed by atoms with E-state index in [9.17, 15) is 9.18 Å². The molecule has 1 N–H and O–H groups in total. The summed E-state index contributed by atoms with van der Waals surface area (Å²) in [6, 6.07) is 7.50. The van der Waals surface area contributed by atoms with Gasteiger partial charge in [-0.1, -0.05) is 17.7 Å². The van der Waals surface area contributed by atoms with Crippen molar-refractivity contribution in [1.29, 1.82) is 0 Å². The van der Waals surface area contributed by atoms with Crippen molar-refractivity contribution in [3.05, 3.63) is 46.9 Å². The molecule has 6 heteroatoms. The third-order valence-corrected chi connectivity index (χ3v) is 2.68. The molecule has 0 aliphatic carbocycles. The van der Waals surface area contributed by atoms with E-state index in [-0.39, 0.29) is 10.7 Å². The lowest BCUT2D eigenvalue weighted by atomic mass is 10.1. The number of nitrogens with zero attached hydrogens (tertiary/aromatic N) is 2. The van der Waals surface area contributed by atoms with Crippen molar-refractivity contribution in [2.24, 2.45) is 0 Å². The lowest BCUT2D eigenvalue weighted by molar-refractivity contribution is 0.0952. The Balaban J connectivity index is 2.33. The molecule has 0 bridgehead atoms. The second-order valence-electron chi connectivity index (χ2n) is 3.80. The molecule has 98 valence electrons. The maximum Gasteiger partial charge on any atom is 0.254 e. The van der Waals surface area contributed by atoms with Crippen molar-refractivity contribution in [3.63, 3.8) is 0 Å². The molecule has 4 nitrogen and oxygen atoms in total. The summed E-state index contributed by atoms with van der Waals surface area (Å²) < 4.78 is 13.9. The van der Waals surface area contributed by atoms with Crippen LogP contribution in [0, 0.1) is 5.82 Å². The predicted octanol–water partition coefficient (Wildman–Crippen LogP) is 2.69. The highest BCUT2D eigenvalue weighted by Crippen LogP contribution is 2.20. The molecule has 19 heavy (non-hydrogen) atoms. The summed E-state index contributed by atoms with van der Waals surface area (Å²) >= 11 is 5.63. The van der Waals surface area contributed by atoms with Crippen molar-refractivity contribution >= 4 is 17.5 Å². The number of rotatable bonds is 3. The van der Waals surface area contributed by atoms with E-state index in [1.54, 1.807) is 25.1 Å². The smallest absolute Gasteiger partial charge is 0.254 e. The highest BCUT2D eigenvalue weighted by molar-refractivity contribution is 6.29. The second kappa shape index (κ2) is 5.75. The monoisotopic (exact) mass is 279 g/mol. The van der Waals surface area contributed by atoms with Gasteiger partial charge in [-0.2, -0.15) is 0 Å². The molecule has 0 radical (unpaired) electrons. The van der Waals surface area contributed by atoms with Crippen molar-refractivity contribution in [1.82, 2.24) is 15.5 Å². The molecule has 0 aliphatic heterocycles. The second-order valence-corrected chi connectivity index (χ2v) is 4.18. The van der Waals surface area contributed by atoms with Crippen molar-refractivity contribution in [2.45, 2.75) is 6.92 Å². The Morgan fingerprint density at radius 2 is 2.11 bits per heavy atom. The van der Waals surface area contributed by atoms with Crippen LogP contribution >= 0.6 is 11.6 Å². The first kappa shape index (κ1) is 13.4. The minimum absolute atomic E-state index is 0.00697. The van der Waals surface area contributed by atoms with Gasteiger partial charge < -0.3 is 5.32 Å². The molecule has 1 heterocycles. The van der Waals surface area contributed by atoms with Gasteiger partial charge in [-0.3, -0.25) is 4.79 Å². The third-order valence-electron chi connectivity index (χ3n) is 2.48. The van der Waals surface area contributed by atoms with E-state index in [2.05, 4.69) is 15.5 Å². The minimum Gasteiger partial charge on any atom is -0.352 e. The summed E-state index contributed by atoms with van der Waals surface area (Å²) in [5.74, 6) is -1.03. The lowest BCUT2D eigenvalue weighted by Crippen LogP contribution is -2.23. The highest BCUT2D eigenvalue weighted by Gasteiger charge is 2.12. The number of carbonyl (C=O) groups is 1. The molecular formula is C13H11ClFN3O. The van der Waals surface area contributed by atoms with Crippen LogP contribution in [0.3, 0.4) is 0 Å². The number of halogens is 2. The fraction of sp³-hybridized carbons (Fsp3) is 0.154. The highest BCUT2D eigenvalue weighted by atomic mass is 35.5. The van der Waals surface area contributed by atoms with E-state index < -0.39 is 11.7 Å². The van der Waals surface area contributed by atoms with Gasteiger partial charge in [-0.15, -0.1) is 10.2 Å². The first-order chi connectivity index (χ1) is 9.11. The molecule has 1 aromatic heterocycles. The average Bonchev–Trinajstić information content (AvgIpc) is 2.39. The summed E-state index contributed by atoms with van der Waals surface area (Å²) in [4.78, 5) is 11.6. The van der Waals surface area contributed by atoms with Gasteiger partial charge in [-0.05, 0) is 31.2 Å². The fourth-order valence-electron chi connectivity index (χ4n) is 1.58. The number of amides is 1. The number of nitrogens with one attached hydrogen (secondary N) is 1. The Morgan fingerprint density at radius 3 is 2.68 bits per heavy atom. The molecule has 0 fully saturated rings. The van der Waals surface area contributed by atoms with Crippen molar-refractivity contribution < 1.29 is 9.18 Å². The minimum atomic E-state index is -0.597. The molecule has 0 aliphatic rings. The van der Waals surface area contributed by atoms with E-state index in [0.717, 1.165) is 0 Å². The molecule has 0 saturated heterocycles. The zero-order chi connectivity index (χ0) is 13.8. The van der Waals surface area contributed by atoms with Crippen LogP contribution in [0.1, 0.15) is 17.3 Å². The van der Waals surface area contributed by atoms with E-state index in [0.29, 0.717) is 17.8 Å². The van der Waals surface area contributed by atoms with Gasteiger partial charge in [0.1, 0.15) is 5.82 Å². The SMILES string of the molecule is CCNC(=O)c1ccc(-c2ccc(Cl)nn2)cc1F. The Kier molecular flexibility index (Phi) is 4.06. The molecule has 0 atom stereocenters. The zero-order valence-electron chi connectivity index (χ0n) is 10.2. The average molecular weight is 280 g/mol. The van der Waals surface area contributed by atoms with Crippen molar-refractivity contribution in [3.8, 4) is 11.3 Å². The first-order valence-corrected chi connectivity index (χ1v) is 6.07. The van der Waals surface area contributed by atoms with Crippen LogP contribution in [0.4, 0.5) is 4.39 Å². The number of hydrogen-bond acceptors (Lipinski definition) is 3. The number of benzene rings is 1. The zero-order valence-corrected chi connectivity index (χ0v) is 10.9. The van der Waals surface area contributed by atoms with Crippen molar-refractivity contribution in [2.75, 3.05) is 6.54 Å². The largest absolute Gasteiger partial charge is 0.352 e. The predicted molar refractivity (Wildman–Crippen MR) is 70.4 cm³/mol. The topological polar surface area (TPSA) is 54.9 Å². The Labute approximate surface area is 114 Å². The molecule has 1 aromatic carbocycles. The molecule has 0 spiro atoms. The molecule has 0 saturated carbocycles. The molecule has 0 unspecified atom stereocenters. The fourth-order valence-corrected chi connectivity index (χ4v) is 1.69. The van der Waals surface area contributed by atoms with Gasteiger partial charge >= 0.3 is 0 Å². The van der Waals surface area contributed by atoms with Gasteiger partial charge in [0, 0.05) is 12.1 Å². The Bertz CT molecular complexity index is 601. The molecular weight excluding hydrogens is 269 g/mol. The van der Waals surface area contributed by atoms with Crippen LogP contribution in [0.2, 0.25) is 5.15 Å². The van der Waals surface area contributed by atoms with Crippen LogP contribution in [-0.4, -0.2) is 22.6 Å². The Hall–Kier alpha value is -2.01. The van der Waals surface area contributed by atoms with Crippen LogP contribution < -0.4 is 5.32 Å². The van der Waals surface area contributed by atoms with Gasteiger partial charge in [-0.25, -0.2) is 4.39 Å². The van der Waals surface area contributed by atoms with Crippen LogP contribution in [0.15, 0.2) is 30.3 Å². The lowest BCUT2D eigenvalue weighted by Gasteiger charge is -2.05. The summed E-state index contributed by atoms with van der Waals surface area (Å²) in [6.07, 6.45) is 0. The normalized spacial score (nSPS) is 10.3. The van der Waals surface area contributed by atoms with Crippen LogP contribution in [-0.2, 0) is 0 Å². The number of hydrogen-bond donors (Lipinski definition) is 1. The molecule has 2 rings (SSSR count). The third kappa shape index (κ3) is 3.06. The maximum atomic E-state index is 13.9. The van der Waals surface area contributed by atoms with Crippen LogP contribution in [0.25, 0.3) is 11.3 Å².